The van der Waals surface area contributed by atoms with E-state index in [0.29, 0.717) is 24.9 Å². The highest BCUT2D eigenvalue weighted by Crippen LogP contribution is 2.56. The Hall–Kier alpha value is -1.32. The second-order valence-corrected chi connectivity index (χ2v) is 6.84. The molecule has 0 aromatic heterocycles. The lowest BCUT2D eigenvalue weighted by Crippen LogP contribution is -2.43. The van der Waals surface area contributed by atoms with Crippen molar-refractivity contribution in [1.82, 2.24) is 5.32 Å². The van der Waals surface area contributed by atoms with E-state index in [-0.39, 0.29) is 29.3 Å². The molecule has 2 rings (SSSR count). The third-order valence-corrected chi connectivity index (χ3v) is 5.13. The van der Waals surface area contributed by atoms with Crippen molar-refractivity contribution in [2.75, 3.05) is 6.61 Å². The second kappa shape index (κ2) is 6.20. The molecule has 4 unspecified atom stereocenters. The van der Waals surface area contributed by atoms with E-state index in [4.69, 9.17) is 4.74 Å². The maximum atomic E-state index is 12.2. The number of carbonyl (C=O) groups excluding carboxylic acids is 2. The lowest BCUT2D eigenvalue weighted by atomic mass is 9.66. The van der Waals surface area contributed by atoms with E-state index in [1.165, 1.54) is 0 Å². The maximum Gasteiger partial charge on any atom is 0.407 e. The Bertz CT molecular complexity index is 443. The van der Waals surface area contributed by atoms with Gasteiger partial charge in [-0.15, -0.1) is 0 Å². The Morgan fingerprint density at radius 2 is 2.05 bits per heavy atom. The molecule has 1 N–H and O–H groups in total. The van der Waals surface area contributed by atoms with Gasteiger partial charge in [0.25, 0.3) is 0 Å². The molecule has 1 saturated carbocycles. The fourth-order valence-electron chi connectivity index (χ4n) is 3.88. The molecule has 0 aromatic rings. The molecule has 0 aromatic carbocycles. The first-order valence-electron chi connectivity index (χ1n) is 8.03. The molecule has 21 heavy (non-hydrogen) atoms. The summed E-state index contributed by atoms with van der Waals surface area (Å²) >= 11 is 0. The van der Waals surface area contributed by atoms with E-state index in [9.17, 15) is 9.59 Å². The number of Topliss-reactive ketones (excluding diaryl/α,β-unsaturated/α-hetero) is 1. The van der Waals surface area contributed by atoms with Gasteiger partial charge in [0.05, 0.1) is 0 Å². The molecule has 4 atom stereocenters. The summed E-state index contributed by atoms with van der Waals surface area (Å²) in [4.78, 5) is 24.0. The number of ether oxygens (including phenoxy) is 1. The van der Waals surface area contributed by atoms with Crippen molar-refractivity contribution in [1.29, 1.82) is 0 Å². The molecule has 0 radical (unpaired) electrons. The number of rotatable bonds is 6. The van der Waals surface area contributed by atoms with Crippen LogP contribution in [0.2, 0.25) is 0 Å². The van der Waals surface area contributed by atoms with Crippen molar-refractivity contribution >= 4 is 11.9 Å². The average molecular weight is 293 g/mol. The Kier molecular flexibility index (Phi) is 4.74. The molecule has 0 saturated heterocycles. The minimum atomic E-state index is -0.382. The van der Waals surface area contributed by atoms with Gasteiger partial charge in [0.1, 0.15) is 12.4 Å². The summed E-state index contributed by atoms with van der Waals surface area (Å²) in [5.74, 6) is 1.11. The van der Waals surface area contributed by atoms with Crippen LogP contribution < -0.4 is 5.32 Å². The smallest absolute Gasteiger partial charge is 0.407 e. The summed E-state index contributed by atoms with van der Waals surface area (Å²) in [6.45, 7) is 8.05. The Labute approximate surface area is 127 Å². The molecule has 0 aliphatic heterocycles. The topological polar surface area (TPSA) is 55.4 Å². The van der Waals surface area contributed by atoms with Gasteiger partial charge in [-0.3, -0.25) is 4.79 Å². The number of ketones is 1. The molecular formula is C17H27NO3. The van der Waals surface area contributed by atoms with Gasteiger partial charge in [-0.1, -0.05) is 26.0 Å². The minimum absolute atomic E-state index is 0.0584. The Morgan fingerprint density at radius 1 is 1.33 bits per heavy atom. The number of carbonyl (C=O) groups is 2. The van der Waals surface area contributed by atoms with E-state index < -0.39 is 0 Å². The standard InChI is InChI=1S/C17H27NO3/c1-5-15(19)12(4)17(9-13-6-7-14(17)8-13)10-21-16(20)18-11(2)3/h6-7,11-14H,5,8-10H2,1-4H3,(H,18,20). The summed E-state index contributed by atoms with van der Waals surface area (Å²) in [7, 11) is 0. The van der Waals surface area contributed by atoms with Crippen molar-refractivity contribution in [3.63, 3.8) is 0 Å². The molecule has 4 heteroatoms. The first-order chi connectivity index (χ1) is 9.89. The van der Waals surface area contributed by atoms with Crippen LogP contribution in [0.25, 0.3) is 0 Å². The zero-order chi connectivity index (χ0) is 15.6. The quantitative estimate of drug-likeness (QED) is 0.764. The number of allylic oxidation sites excluding steroid dienone is 2. The van der Waals surface area contributed by atoms with Crippen LogP contribution in [0, 0.1) is 23.2 Å². The van der Waals surface area contributed by atoms with Crippen molar-refractivity contribution in [2.24, 2.45) is 23.2 Å². The van der Waals surface area contributed by atoms with Crippen LogP contribution in [-0.4, -0.2) is 24.5 Å². The van der Waals surface area contributed by atoms with E-state index in [0.717, 1.165) is 12.8 Å². The molecular weight excluding hydrogens is 266 g/mol. The van der Waals surface area contributed by atoms with Crippen molar-refractivity contribution < 1.29 is 14.3 Å². The van der Waals surface area contributed by atoms with Crippen molar-refractivity contribution in [3.05, 3.63) is 12.2 Å². The SMILES string of the molecule is CCC(=O)C(C)C1(COC(=O)NC(C)C)CC2C=CC1C2. The van der Waals surface area contributed by atoms with Gasteiger partial charge in [-0.25, -0.2) is 4.79 Å². The van der Waals surface area contributed by atoms with Crippen LogP contribution in [0.1, 0.15) is 47.0 Å². The highest BCUT2D eigenvalue weighted by atomic mass is 16.5. The fourth-order valence-corrected chi connectivity index (χ4v) is 3.88. The van der Waals surface area contributed by atoms with Gasteiger partial charge in [-0.2, -0.15) is 0 Å². The van der Waals surface area contributed by atoms with Crippen LogP contribution in [0.5, 0.6) is 0 Å². The fraction of sp³-hybridized carbons (Fsp3) is 0.765. The largest absolute Gasteiger partial charge is 0.449 e. The molecule has 2 bridgehead atoms. The molecule has 1 amide bonds. The van der Waals surface area contributed by atoms with Crippen LogP contribution in [0.15, 0.2) is 12.2 Å². The number of nitrogens with one attached hydrogen (secondary N) is 1. The lowest BCUT2D eigenvalue weighted by molar-refractivity contribution is -0.128. The van der Waals surface area contributed by atoms with Gasteiger partial charge in [0, 0.05) is 23.8 Å². The van der Waals surface area contributed by atoms with Crippen molar-refractivity contribution in [3.8, 4) is 0 Å². The molecule has 2 aliphatic rings. The van der Waals surface area contributed by atoms with Crippen LogP contribution >= 0.6 is 0 Å². The van der Waals surface area contributed by atoms with Gasteiger partial charge in [0.15, 0.2) is 0 Å². The molecule has 2 aliphatic carbocycles. The summed E-state index contributed by atoms with van der Waals surface area (Å²) in [6.07, 6.45) is 6.68. The summed E-state index contributed by atoms with van der Waals surface area (Å²) < 4.78 is 5.47. The van der Waals surface area contributed by atoms with E-state index in [2.05, 4.69) is 17.5 Å². The molecule has 0 spiro atoms. The van der Waals surface area contributed by atoms with Gasteiger partial charge < -0.3 is 10.1 Å². The lowest BCUT2D eigenvalue weighted by Gasteiger charge is -2.39. The van der Waals surface area contributed by atoms with E-state index in [1.807, 2.05) is 27.7 Å². The molecule has 1 fully saturated rings. The minimum Gasteiger partial charge on any atom is -0.449 e. The van der Waals surface area contributed by atoms with Crippen LogP contribution in [-0.2, 0) is 9.53 Å². The van der Waals surface area contributed by atoms with Gasteiger partial charge >= 0.3 is 6.09 Å². The predicted molar refractivity (Wildman–Crippen MR) is 81.9 cm³/mol. The molecule has 0 heterocycles. The molecule has 118 valence electrons. The number of hydrogen-bond donors (Lipinski definition) is 1. The van der Waals surface area contributed by atoms with Gasteiger partial charge in [0.2, 0.25) is 0 Å². The maximum absolute atomic E-state index is 12.2. The number of fused-ring (bicyclic) bond motifs is 2. The third-order valence-electron chi connectivity index (χ3n) is 5.13. The summed E-state index contributed by atoms with van der Waals surface area (Å²) in [5.41, 5.74) is -0.208. The normalized spacial score (nSPS) is 31.5. The number of amides is 1. The third kappa shape index (κ3) is 3.14. The monoisotopic (exact) mass is 293 g/mol. The van der Waals surface area contributed by atoms with Crippen molar-refractivity contribution in [2.45, 2.75) is 53.0 Å². The molecule has 4 nitrogen and oxygen atoms in total. The highest BCUT2D eigenvalue weighted by molar-refractivity contribution is 5.81. The average Bonchev–Trinajstić information content (AvgIpc) is 3.03. The van der Waals surface area contributed by atoms with E-state index in [1.54, 1.807) is 0 Å². The summed E-state index contributed by atoms with van der Waals surface area (Å²) in [6, 6.07) is 0.0584. The first kappa shape index (κ1) is 16.1. The Morgan fingerprint density at radius 3 is 2.52 bits per heavy atom. The Balaban J connectivity index is 2.09. The first-order valence-corrected chi connectivity index (χ1v) is 8.03. The predicted octanol–water partition coefficient (Wildman–Crippen LogP) is 3.32. The summed E-state index contributed by atoms with van der Waals surface area (Å²) in [5, 5.41) is 2.75. The van der Waals surface area contributed by atoms with Crippen LogP contribution in [0.3, 0.4) is 0 Å². The number of alkyl carbamates (subject to hydrolysis) is 1. The second-order valence-electron chi connectivity index (χ2n) is 6.84. The highest BCUT2D eigenvalue weighted by Gasteiger charge is 2.53. The van der Waals surface area contributed by atoms with Crippen LogP contribution in [0.4, 0.5) is 4.79 Å². The zero-order valence-corrected chi connectivity index (χ0v) is 13.5. The van der Waals surface area contributed by atoms with E-state index >= 15 is 0 Å². The van der Waals surface area contributed by atoms with Gasteiger partial charge in [-0.05, 0) is 38.5 Å². The number of hydrogen-bond acceptors (Lipinski definition) is 3. The zero-order valence-electron chi connectivity index (χ0n) is 13.5.